The van der Waals surface area contributed by atoms with Crippen molar-refractivity contribution in [3.63, 3.8) is 0 Å². The molecular weight excluding hydrogens is 238 g/mol. The zero-order chi connectivity index (χ0) is 12.4. The van der Waals surface area contributed by atoms with Crippen molar-refractivity contribution in [1.82, 2.24) is 0 Å². The normalized spacial score (nSPS) is 19.2. The van der Waals surface area contributed by atoms with Gasteiger partial charge < -0.3 is 5.32 Å². The lowest BCUT2D eigenvalue weighted by molar-refractivity contribution is -0.119. The van der Waals surface area contributed by atoms with Crippen LogP contribution in [0.15, 0.2) is 18.2 Å². The van der Waals surface area contributed by atoms with Crippen molar-refractivity contribution in [1.29, 1.82) is 0 Å². The van der Waals surface area contributed by atoms with Crippen molar-refractivity contribution in [3.05, 3.63) is 29.3 Å². The molecule has 1 unspecified atom stereocenters. The zero-order valence-electron chi connectivity index (χ0n) is 9.63. The number of alkyl halides is 1. The van der Waals surface area contributed by atoms with Crippen molar-refractivity contribution in [2.24, 2.45) is 5.92 Å². The fourth-order valence-electron chi connectivity index (χ4n) is 1.93. The molecular formula is C13H14ClNO2. The van der Waals surface area contributed by atoms with Gasteiger partial charge in [-0.05, 0) is 36.6 Å². The van der Waals surface area contributed by atoms with Crippen molar-refractivity contribution in [2.45, 2.75) is 19.8 Å². The fourth-order valence-corrected chi connectivity index (χ4v) is 2.09. The molecule has 1 atom stereocenters. The predicted molar refractivity (Wildman–Crippen MR) is 67.6 cm³/mol. The van der Waals surface area contributed by atoms with Gasteiger partial charge in [-0.1, -0.05) is 6.92 Å². The molecule has 1 aromatic carbocycles. The first-order valence-electron chi connectivity index (χ1n) is 5.64. The quantitative estimate of drug-likeness (QED) is 0.649. The highest BCUT2D eigenvalue weighted by atomic mass is 35.5. The number of carbonyl (C=O) groups excluding carboxylic acids is 2. The van der Waals surface area contributed by atoms with E-state index in [-0.39, 0.29) is 23.5 Å². The van der Waals surface area contributed by atoms with Crippen LogP contribution in [0.25, 0.3) is 0 Å². The van der Waals surface area contributed by atoms with Crippen LogP contribution in [-0.4, -0.2) is 17.6 Å². The Hall–Kier alpha value is -1.35. The van der Waals surface area contributed by atoms with Gasteiger partial charge in [0.2, 0.25) is 5.91 Å². The van der Waals surface area contributed by atoms with Gasteiger partial charge in [-0.25, -0.2) is 0 Å². The summed E-state index contributed by atoms with van der Waals surface area (Å²) in [4.78, 5) is 23.1. The molecule has 0 saturated carbocycles. The number of aryl methyl sites for hydroxylation is 1. The molecule has 1 N–H and O–H groups in total. The number of fused-ring (bicyclic) bond motifs is 1. The lowest BCUT2D eigenvalue weighted by Gasteiger charge is -2.08. The molecule has 0 bridgehead atoms. The second-order valence-corrected chi connectivity index (χ2v) is 4.62. The Bertz CT molecular complexity index is 470. The van der Waals surface area contributed by atoms with E-state index in [0.29, 0.717) is 5.56 Å². The van der Waals surface area contributed by atoms with E-state index in [2.05, 4.69) is 5.32 Å². The average Bonchev–Trinajstić information content (AvgIpc) is 2.48. The first kappa shape index (κ1) is 12.1. The minimum atomic E-state index is -0.0851. The fraction of sp³-hybridized carbons (Fsp3) is 0.385. The van der Waals surface area contributed by atoms with Crippen LogP contribution in [0.3, 0.4) is 0 Å². The Labute approximate surface area is 105 Å². The summed E-state index contributed by atoms with van der Waals surface area (Å²) in [5.41, 5.74) is 2.44. The zero-order valence-corrected chi connectivity index (χ0v) is 10.4. The Balaban J connectivity index is 2.34. The molecule has 90 valence electrons. The van der Waals surface area contributed by atoms with E-state index in [4.69, 9.17) is 11.6 Å². The summed E-state index contributed by atoms with van der Waals surface area (Å²) < 4.78 is 0. The summed E-state index contributed by atoms with van der Waals surface area (Å²) >= 11 is 5.53. The summed E-state index contributed by atoms with van der Waals surface area (Å²) in [6, 6.07) is 5.32. The van der Waals surface area contributed by atoms with E-state index in [1.54, 1.807) is 12.1 Å². The van der Waals surface area contributed by atoms with Gasteiger partial charge in [0.25, 0.3) is 0 Å². The molecule has 2 rings (SSSR count). The minimum absolute atomic E-state index is 0.00887. The van der Waals surface area contributed by atoms with Crippen LogP contribution in [0.4, 0.5) is 5.69 Å². The van der Waals surface area contributed by atoms with Crippen LogP contribution in [0, 0.1) is 5.92 Å². The van der Waals surface area contributed by atoms with Crippen LogP contribution in [0.2, 0.25) is 0 Å². The highest BCUT2D eigenvalue weighted by Crippen LogP contribution is 2.25. The molecule has 4 heteroatoms. The molecule has 0 aliphatic carbocycles. The van der Waals surface area contributed by atoms with Crippen LogP contribution in [0.1, 0.15) is 29.3 Å². The molecule has 0 fully saturated rings. The van der Waals surface area contributed by atoms with Crippen LogP contribution < -0.4 is 5.32 Å². The predicted octanol–water partition coefficient (Wildman–Crippen LogP) is 2.63. The molecule has 3 nitrogen and oxygen atoms in total. The maximum Gasteiger partial charge on any atom is 0.227 e. The number of benzene rings is 1. The van der Waals surface area contributed by atoms with Crippen LogP contribution in [-0.2, 0) is 11.2 Å². The third kappa shape index (κ3) is 2.50. The third-order valence-electron chi connectivity index (χ3n) is 3.10. The van der Waals surface area contributed by atoms with E-state index in [1.165, 1.54) is 0 Å². The second-order valence-electron chi connectivity index (χ2n) is 4.36. The molecule has 1 heterocycles. The lowest BCUT2D eigenvalue weighted by Crippen LogP contribution is -2.18. The lowest BCUT2D eigenvalue weighted by atomic mass is 10.00. The van der Waals surface area contributed by atoms with Gasteiger partial charge in [0.15, 0.2) is 5.78 Å². The van der Waals surface area contributed by atoms with Gasteiger partial charge in [0.05, 0.1) is 5.88 Å². The standard InChI is InChI=1S/C13H14ClNO2/c1-8-2-3-9-6-10(12(16)7-14)4-5-11(9)15-13(8)17/h4-6,8H,2-3,7H2,1H3,(H,15,17). The Kier molecular flexibility index (Phi) is 3.48. The molecule has 0 aromatic heterocycles. The molecule has 17 heavy (non-hydrogen) atoms. The average molecular weight is 252 g/mol. The highest BCUT2D eigenvalue weighted by molar-refractivity contribution is 6.30. The monoisotopic (exact) mass is 251 g/mol. The summed E-state index contributed by atoms with van der Waals surface area (Å²) in [6.45, 7) is 1.91. The van der Waals surface area contributed by atoms with Gasteiger partial charge in [-0.3, -0.25) is 9.59 Å². The van der Waals surface area contributed by atoms with Gasteiger partial charge in [0, 0.05) is 17.2 Å². The van der Waals surface area contributed by atoms with Crippen LogP contribution >= 0.6 is 11.6 Å². The van der Waals surface area contributed by atoms with Crippen LogP contribution in [0.5, 0.6) is 0 Å². The van der Waals surface area contributed by atoms with Crippen molar-refractivity contribution in [3.8, 4) is 0 Å². The highest BCUT2D eigenvalue weighted by Gasteiger charge is 2.20. The number of ketones is 1. The second kappa shape index (κ2) is 4.88. The number of halogens is 1. The minimum Gasteiger partial charge on any atom is -0.326 e. The molecule has 1 aliphatic heterocycles. The third-order valence-corrected chi connectivity index (χ3v) is 3.34. The maximum atomic E-state index is 11.7. The molecule has 0 radical (unpaired) electrons. The smallest absolute Gasteiger partial charge is 0.227 e. The van der Waals surface area contributed by atoms with Crippen molar-refractivity contribution >= 4 is 29.0 Å². The van der Waals surface area contributed by atoms with E-state index in [9.17, 15) is 9.59 Å². The number of hydrogen-bond donors (Lipinski definition) is 1. The Morgan fingerprint density at radius 1 is 1.53 bits per heavy atom. The molecule has 1 aromatic rings. The SMILES string of the molecule is CC1CCc2cc(C(=O)CCl)ccc2NC1=O. The number of anilines is 1. The van der Waals surface area contributed by atoms with Gasteiger partial charge >= 0.3 is 0 Å². The molecule has 0 spiro atoms. The largest absolute Gasteiger partial charge is 0.326 e. The molecule has 1 amide bonds. The molecule has 1 aliphatic rings. The van der Waals surface area contributed by atoms with E-state index in [1.807, 2.05) is 13.0 Å². The number of carbonyl (C=O) groups is 2. The van der Waals surface area contributed by atoms with E-state index >= 15 is 0 Å². The maximum absolute atomic E-state index is 11.7. The Morgan fingerprint density at radius 3 is 3.00 bits per heavy atom. The van der Waals surface area contributed by atoms with E-state index in [0.717, 1.165) is 24.1 Å². The Morgan fingerprint density at radius 2 is 2.29 bits per heavy atom. The summed E-state index contributed by atoms with van der Waals surface area (Å²) in [6.07, 6.45) is 1.61. The summed E-state index contributed by atoms with van der Waals surface area (Å²) in [5.74, 6) is -0.0468. The summed E-state index contributed by atoms with van der Waals surface area (Å²) in [7, 11) is 0. The first-order chi connectivity index (χ1) is 8.11. The van der Waals surface area contributed by atoms with Gasteiger partial charge in [0.1, 0.15) is 0 Å². The van der Waals surface area contributed by atoms with Gasteiger partial charge in [-0.2, -0.15) is 0 Å². The summed E-state index contributed by atoms with van der Waals surface area (Å²) in [5, 5.41) is 2.87. The first-order valence-corrected chi connectivity index (χ1v) is 6.18. The number of amides is 1. The number of Topliss-reactive ketones (excluding diaryl/α,β-unsaturated/α-hetero) is 1. The van der Waals surface area contributed by atoms with Crippen molar-refractivity contribution in [2.75, 3.05) is 11.2 Å². The number of nitrogens with one attached hydrogen (secondary N) is 1. The van der Waals surface area contributed by atoms with E-state index < -0.39 is 0 Å². The van der Waals surface area contributed by atoms with Gasteiger partial charge in [-0.15, -0.1) is 11.6 Å². The van der Waals surface area contributed by atoms with Crippen molar-refractivity contribution < 1.29 is 9.59 Å². The molecule has 0 saturated heterocycles. The topological polar surface area (TPSA) is 46.2 Å². The number of hydrogen-bond acceptors (Lipinski definition) is 2. The number of rotatable bonds is 2.